The van der Waals surface area contributed by atoms with Crippen LogP contribution >= 0.6 is 34.8 Å². The van der Waals surface area contributed by atoms with Crippen LogP contribution in [0.5, 0.6) is 11.5 Å². The van der Waals surface area contributed by atoms with Gasteiger partial charge in [0.15, 0.2) is 23.1 Å². The van der Waals surface area contributed by atoms with Crippen molar-refractivity contribution in [3.63, 3.8) is 0 Å². The molecule has 0 fully saturated rings. The van der Waals surface area contributed by atoms with E-state index in [0.29, 0.717) is 56.4 Å². The van der Waals surface area contributed by atoms with Gasteiger partial charge in [0.2, 0.25) is 0 Å². The van der Waals surface area contributed by atoms with Crippen molar-refractivity contribution >= 4 is 63.7 Å². The second kappa shape index (κ2) is 18.5. The van der Waals surface area contributed by atoms with Gasteiger partial charge in [0.25, 0.3) is 11.8 Å². The Morgan fingerprint density at radius 3 is 1.72 bits per heavy atom. The number of hydrogen-bond acceptors (Lipinski definition) is 12. The number of hydrogen-bond donors (Lipinski definition) is 4. The standard InChI is InChI=1S/C17H17ClN6O2.C10H12N4O.C7H6Cl2N2O/c1-19-17(25)11-8-20-14(18)7-13(11)22-12-6-4-5-10(15(12)26-3)16-21-9-24(2)23-16;1-14-6-12-10(13-14)7-4-3-5-8(11)9(7)15-2;1-10-7(12)4-3-11-6(9)2-5(4)8/h4-9H,1-3H3,(H,19,25)(H,20,22);3-6H,11H2,1-2H3;2-3H,1H3,(H,10,12). The molecule has 0 bridgehead atoms. The van der Waals surface area contributed by atoms with E-state index in [9.17, 15) is 9.59 Å². The van der Waals surface area contributed by atoms with Gasteiger partial charge in [-0.1, -0.05) is 46.9 Å². The van der Waals surface area contributed by atoms with E-state index in [4.69, 9.17) is 50.0 Å². The fourth-order valence-electron chi connectivity index (χ4n) is 4.62. The summed E-state index contributed by atoms with van der Waals surface area (Å²) in [5.41, 5.74) is 9.74. The van der Waals surface area contributed by atoms with E-state index in [0.717, 1.165) is 11.1 Å². The van der Waals surface area contributed by atoms with Crippen molar-refractivity contribution in [2.24, 2.45) is 14.1 Å². The minimum Gasteiger partial charge on any atom is -0.494 e. The molecule has 16 nitrogen and oxygen atoms in total. The van der Waals surface area contributed by atoms with Gasteiger partial charge in [0.05, 0.1) is 58.6 Å². The Morgan fingerprint density at radius 2 is 1.21 bits per heavy atom. The lowest BCUT2D eigenvalue weighted by Crippen LogP contribution is -2.19. The van der Waals surface area contributed by atoms with Gasteiger partial charge < -0.3 is 31.2 Å². The molecule has 53 heavy (non-hydrogen) atoms. The molecular weight excluding hydrogens is 747 g/mol. The van der Waals surface area contributed by atoms with Crippen molar-refractivity contribution in [2.45, 2.75) is 0 Å². The minimum atomic E-state index is -0.279. The summed E-state index contributed by atoms with van der Waals surface area (Å²) in [6.07, 6.45) is 6.00. The number of nitrogens with two attached hydrogens (primary N) is 1. The molecule has 6 rings (SSSR count). The number of amides is 2. The third-order valence-electron chi connectivity index (χ3n) is 7.05. The third-order valence-corrected chi connectivity index (χ3v) is 7.78. The lowest BCUT2D eigenvalue weighted by molar-refractivity contribution is 0.0955. The highest BCUT2D eigenvalue weighted by molar-refractivity contribution is 6.36. The number of pyridine rings is 2. The molecule has 2 amide bonds. The molecule has 19 heteroatoms. The molecule has 276 valence electrons. The summed E-state index contributed by atoms with van der Waals surface area (Å²) >= 11 is 17.3. The molecule has 0 saturated carbocycles. The number of rotatable bonds is 8. The summed E-state index contributed by atoms with van der Waals surface area (Å²) < 4.78 is 14.0. The SMILES string of the molecule is CNC(=O)c1cnc(Cl)cc1Cl.CNC(=O)c1cnc(Cl)cc1Nc1cccc(-c2ncn(C)n2)c1OC.COc1c(N)cccc1-c1ncn(C)n1. The van der Waals surface area contributed by atoms with Crippen molar-refractivity contribution < 1.29 is 19.1 Å². The molecular formula is C34H35Cl3N12O4. The van der Waals surface area contributed by atoms with Crippen LogP contribution in [0.3, 0.4) is 0 Å². The van der Waals surface area contributed by atoms with Crippen molar-refractivity contribution in [1.82, 2.24) is 50.1 Å². The van der Waals surface area contributed by atoms with Crippen molar-refractivity contribution in [1.29, 1.82) is 0 Å². The van der Waals surface area contributed by atoms with Crippen LogP contribution in [-0.2, 0) is 14.1 Å². The molecule has 0 aliphatic carbocycles. The van der Waals surface area contributed by atoms with E-state index < -0.39 is 0 Å². The maximum atomic E-state index is 12.1. The Morgan fingerprint density at radius 1 is 0.698 bits per heavy atom. The molecule has 0 saturated heterocycles. The third kappa shape index (κ3) is 10.1. The quantitative estimate of drug-likeness (QED) is 0.112. The van der Waals surface area contributed by atoms with Gasteiger partial charge in [-0.3, -0.25) is 19.0 Å². The zero-order valence-electron chi connectivity index (χ0n) is 29.4. The Kier molecular flexibility index (Phi) is 13.9. The fourth-order valence-corrected chi connectivity index (χ4v) is 5.23. The van der Waals surface area contributed by atoms with E-state index in [-0.39, 0.29) is 22.1 Å². The monoisotopic (exact) mass is 780 g/mol. The van der Waals surface area contributed by atoms with Crippen LogP contribution in [0.1, 0.15) is 20.7 Å². The number of anilines is 3. The fraction of sp³-hybridized carbons (Fsp3) is 0.176. The van der Waals surface area contributed by atoms with E-state index >= 15 is 0 Å². The Balaban J connectivity index is 0.000000196. The van der Waals surface area contributed by atoms with E-state index in [1.807, 2.05) is 37.4 Å². The Bertz CT molecular complexity index is 2210. The maximum Gasteiger partial charge on any atom is 0.254 e. The van der Waals surface area contributed by atoms with Crippen LogP contribution in [0.15, 0.2) is 73.6 Å². The van der Waals surface area contributed by atoms with Crippen LogP contribution < -0.4 is 31.2 Å². The lowest BCUT2D eigenvalue weighted by atomic mass is 10.1. The molecule has 0 aliphatic rings. The second-order valence-corrected chi connectivity index (χ2v) is 11.8. The number of aromatic nitrogens is 8. The number of ether oxygens (including phenoxy) is 2. The van der Waals surface area contributed by atoms with Crippen molar-refractivity contribution in [2.75, 3.05) is 39.4 Å². The summed E-state index contributed by atoms with van der Waals surface area (Å²) in [7, 11) is 9.82. The first-order valence-corrected chi connectivity index (χ1v) is 16.5. The number of nitrogens with zero attached hydrogens (tertiary/aromatic N) is 8. The maximum absolute atomic E-state index is 12.1. The Labute approximate surface area is 319 Å². The second-order valence-electron chi connectivity index (χ2n) is 10.6. The first-order chi connectivity index (χ1) is 25.4. The summed E-state index contributed by atoms with van der Waals surface area (Å²) in [6.45, 7) is 0. The molecule has 4 aromatic heterocycles. The topological polar surface area (TPSA) is 202 Å². The average molecular weight is 782 g/mol. The number of halogens is 3. The van der Waals surface area contributed by atoms with Crippen molar-refractivity contribution in [3.8, 4) is 34.3 Å². The molecule has 4 heterocycles. The molecule has 0 radical (unpaired) electrons. The number of benzene rings is 2. The zero-order chi connectivity index (χ0) is 38.7. The van der Waals surface area contributed by atoms with Gasteiger partial charge in [-0.15, -0.1) is 0 Å². The van der Waals surface area contributed by atoms with Crippen LogP contribution in [-0.4, -0.2) is 79.6 Å². The molecule has 5 N–H and O–H groups in total. The molecule has 2 aromatic carbocycles. The first-order valence-electron chi connectivity index (χ1n) is 15.4. The number of methoxy groups -OCH3 is 2. The predicted molar refractivity (Wildman–Crippen MR) is 204 cm³/mol. The van der Waals surface area contributed by atoms with E-state index in [1.54, 1.807) is 62.5 Å². The summed E-state index contributed by atoms with van der Waals surface area (Å²) in [5, 5.41) is 17.6. The van der Waals surface area contributed by atoms with Crippen LogP contribution in [0.2, 0.25) is 15.3 Å². The van der Waals surface area contributed by atoms with Gasteiger partial charge in [0, 0.05) is 40.6 Å². The number of carbonyl (C=O) groups is 2. The normalized spacial score (nSPS) is 10.2. The average Bonchev–Trinajstić information content (AvgIpc) is 3.79. The molecule has 0 atom stereocenters. The zero-order valence-corrected chi connectivity index (χ0v) is 31.6. The van der Waals surface area contributed by atoms with Crippen molar-refractivity contribution in [3.05, 3.63) is 100 Å². The molecule has 0 aliphatic heterocycles. The number of para-hydroxylation sites is 2. The molecule has 0 spiro atoms. The lowest BCUT2D eigenvalue weighted by Gasteiger charge is -2.16. The van der Waals surface area contributed by atoms with Crippen LogP contribution in [0, 0.1) is 0 Å². The van der Waals surface area contributed by atoms with Gasteiger partial charge in [0.1, 0.15) is 23.0 Å². The Hall–Kier alpha value is -5.97. The highest BCUT2D eigenvalue weighted by Gasteiger charge is 2.18. The predicted octanol–water partition coefficient (Wildman–Crippen LogP) is 5.46. The molecule has 6 aromatic rings. The number of carbonyl (C=O) groups excluding carboxylic acids is 2. The van der Waals surface area contributed by atoms with Gasteiger partial charge >= 0.3 is 0 Å². The highest BCUT2D eigenvalue weighted by atomic mass is 35.5. The number of nitrogens with one attached hydrogen (secondary N) is 3. The summed E-state index contributed by atoms with van der Waals surface area (Å²) in [4.78, 5) is 39.3. The largest absolute Gasteiger partial charge is 0.494 e. The number of aryl methyl sites for hydroxylation is 2. The van der Waals surface area contributed by atoms with Crippen LogP contribution in [0.4, 0.5) is 17.1 Å². The summed E-state index contributed by atoms with van der Waals surface area (Å²) in [5.74, 6) is 1.76. The van der Waals surface area contributed by atoms with Gasteiger partial charge in [-0.2, -0.15) is 10.2 Å². The van der Waals surface area contributed by atoms with Gasteiger partial charge in [-0.25, -0.2) is 19.9 Å². The smallest absolute Gasteiger partial charge is 0.254 e. The summed E-state index contributed by atoms with van der Waals surface area (Å²) in [6, 6.07) is 14.1. The van der Waals surface area contributed by atoms with E-state index in [2.05, 4.69) is 46.1 Å². The first kappa shape index (κ1) is 39.8. The minimum absolute atomic E-state index is 0.265. The van der Waals surface area contributed by atoms with Crippen LogP contribution in [0.25, 0.3) is 22.8 Å². The highest BCUT2D eigenvalue weighted by Crippen LogP contribution is 2.37. The molecule has 0 unspecified atom stereocenters. The number of nitrogen functional groups attached to an aromatic ring is 1. The van der Waals surface area contributed by atoms with E-state index in [1.165, 1.54) is 25.5 Å². The van der Waals surface area contributed by atoms with Gasteiger partial charge in [-0.05, 0) is 36.4 Å².